The maximum absolute atomic E-state index is 12.8. The van der Waals surface area contributed by atoms with Crippen LogP contribution in [-0.2, 0) is 22.6 Å². The highest BCUT2D eigenvalue weighted by atomic mass is 16.2. The summed E-state index contributed by atoms with van der Waals surface area (Å²) >= 11 is 0. The highest BCUT2D eigenvalue weighted by Gasteiger charge is 2.25. The quantitative estimate of drug-likeness (QED) is 0.888. The van der Waals surface area contributed by atoms with Crippen molar-refractivity contribution in [3.05, 3.63) is 71.3 Å². The molecule has 0 aliphatic heterocycles. The Labute approximate surface area is 143 Å². The van der Waals surface area contributed by atoms with E-state index in [2.05, 4.69) is 5.32 Å². The molecular formula is C20H24N2O2. The van der Waals surface area contributed by atoms with Gasteiger partial charge >= 0.3 is 0 Å². The molecular weight excluding hydrogens is 300 g/mol. The van der Waals surface area contributed by atoms with Gasteiger partial charge in [-0.15, -0.1) is 0 Å². The smallest absolute Gasteiger partial charge is 0.242 e. The summed E-state index contributed by atoms with van der Waals surface area (Å²) in [5, 5.41) is 2.63. The van der Waals surface area contributed by atoms with Crippen LogP contribution < -0.4 is 5.32 Å². The lowest BCUT2D eigenvalue weighted by Gasteiger charge is -2.28. The summed E-state index contributed by atoms with van der Waals surface area (Å²) in [5.41, 5.74) is 3.10. The molecule has 0 fully saturated rings. The molecule has 4 nitrogen and oxygen atoms in total. The van der Waals surface area contributed by atoms with Crippen LogP contribution in [0.25, 0.3) is 0 Å². The van der Waals surface area contributed by atoms with Crippen molar-refractivity contribution in [3.63, 3.8) is 0 Å². The molecule has 0 saturated heterocycles. The minimum absolute atomic E-state index is 0.0567. The van der Waals surface area contributed by atoms with E-state index in [4.69, 9.17) is 0 Å². The Balaban J connectivity index is 2.21. The number of likely N-dealkylation sites (N-methyl/N-ethyl adjacent to an activating group) is 1. The van der Waals surface area contributed by atoms with Crippen LogP contribution in [0, 0.1) is 6.92 Å². The summed E-state index contributed by atoms with van der Waals surface area (Å²) in [6, 6.07) is 17.1. The number of carbonyl (C=O) groups is 2. The molecule has 0 unspecified atom stereocenters. The van der Waals surface area contributed by atoms with E-state index in [1.165, 1.54) is 0 Å². The molecule has 0 spiro atoms. The molecule has 0 aliphatic carbocycles. The SMILES string of the molecule is CNC(=O)[C@H](C)N(Cc1cccc(C)c1)C(=O)Cc1ccccc1. The number of aryl methyl sites for hydroxylation is 1. The number of rotatable bonds is 6. The van der Waals surface area contributed by atoms with E-state index in [-0.39, 0.29) is 18.2 Å². The highest BCUT2D eigenvalue weighted by molar-refractivity contribution is 5.88. The van der Waals surface area contributed by atoms with E-state index >= 15 is 0 Å². The maximum atomic E-state index is 12.8. The molecule has 2 amide bonds. The highest BCUT2D eigenvalue weighted by Crippen LogP contribution is 2.13. The molecule has 24 heavy (non-hydrogen) atoms. The third kappa shape index (κ3) is 4.69. The molecule has 0 radical (unpaired) electrons. The second-order valence-electron chi connectivity index (χ2n) is 5.96. The van der Waals surface area contributed by atoms with Crippen LogP contribution in [-0.4, -0.2) is 29.8 Å². The van der Waals surface area contributed by atoms with Gasteiger partial charge in [0.15, 0.2) is 0 Å². The molecule has 2 rings (SSSR count). The van der Waals surface area contributed by atoms with E-state index in [0.717, 1.165) is 16.7 Å². The first-order valence-corrected chi connectivity index (χ1v) is 8.12. The van der Waals surface area contributed by atoms with Crippen LogP contribution in [0.2, 0.25) is 0 Å². The molecule has 2 aromatic carbocycles. The van der Waals surface area contributed by atoms with Gasteiger partial charge in [-0.2, -0.15) is 0 Å². The Morgan fingerprint density at radius 2 is 1.71 bits per heavy atom. The topological polar surface area (TPSA) is 49.4 Å². The standard InChI is InChI=1S/C20H24N2O2/c1-15-8-7-11-18(12-15)14-22(16(2)20(24)21-3)19(23)13-17-9-5-4-6-10-17/h4-12,16H,13-14H2,1-3H3,(H,21,24)/t16-/m0/s1. The number of carbonyl (C=O) groups excluding carboxylic acids is 2. The van der Waals surface area contributed by atoms with Crippen LogP contribution in [0.15, 0.2) is 54.6 Å². The van der Waals surface area contributed by atoms with Gasteiger partial charge in [0.1, 0.15) is 6.04 Å². The van der Waals surface area contributed by atoms with Gasteiger partial charge in [-0.1, -0.05) is 60.2 Å². The molecule has 1 N–H and O–H groups in total. The summed E-state index contributed by atoms with van der Waals surface area (Å²) in [6.45, 7) is 4.20. The monoisotopic (exact) mass is 324 g/mol. The van der Waals surface area contributed by atoms with Gasteiger partial charge in [0.05, 0.1) is 6.42 Å². The zero-order valence-electron chi connectivity index (χ0n) is 14.5. The molecule has 0 heterocycles. The van der Waals surface area contributed by atoms with Gasteiger partial charge in [-0.25, -0.2) is 0 Å². The fourth-order valence-electron chi connectivity index (χ4n) is 2.67. The summed E-state index contributed by atoms with van der Waals surface area (Å²) in [4.78, 5) is 26.5. The lowest BCUT2D eigenvalue weighted by Crippen LogP contribution is -2.47. The normalized spacial score (nSPS) is 11.6. The van der Waals surface area contributed by atoms with E-state index in [1.54, 1.807) is 18.9 Å². The summed E-state index contributed by atoms with van der Waals surface area (Å²) in [7, 11) is 1.59. The van der Waals surface area contributed by atoms with Crippen LogP contribution in [0.3, 0.4) is 0 Å². The van der Waals surface area contributed by atoms with Crippen molar-refractivity contribution in [1.82, 2.24) is 10.2 Å². The van der Waals surface area contributed by atoms with Gasteiger partial charge < -0.3 is 10.2 Å². The number of nitrogens with zero attached hydrogens (tertiary/aromatic N) is 1. The first-order chi connectivity index (χ1) is 11.5. The number of nitrogens with one attached hydrogen (secondary N) is 1. The predicted octanol–water partition coefficient (Wildman–Crippen LogP) is 2.70. The van der Waals surface area contributed by atoms with Crippen molar-refractivity contribution in [3.8, 4) is 0 Å². The van der Waals surface area contributed by atoms with Crippen LogP contribution in [0.1, 0.15) is 23.6 Å². The van der Waals surface area contributed by atoms with Gasteiger partial charge in [0.2, 0.25) is 11.8 Å². The lowest BCUT2D eigenvalue weighted by molar-refractivity contribution is -0.139. The van der Waals surface area contributed by atoms with Crippen molar-refractivity contribution < 1.29 is 9.59 Å². The largest absolute Gasteiger partial charge is 0.357 e. The van der Waals surface area contributed by atoms with E-state index in [9.17, 15) is 9.59 Å². The van der Waals surface area contributed by atoms with Gasteiger partial charge in [-0.05, 0) is 25.0 Å². The number of hydrogen-bond donors (Lipinski definition) is 1. The Morgan fingerprint density at radius 3 is 2.33 bits per heavy atom. The fourth-order valence-corrected chi connectivity index (χ4v) is 2.67. The Hall–Kier alpha value is -2.62. The Bertz CT molecular complexity index is 698. The summed E-state index contributed by atoms with van der Waals surface area (Å²) < 4.78 is 0. The maximum Gasteiger partial charge on any atom is 0.242 e. The minimum Gasteiger partial charge on any atom is -0.357 e. The average Bonchev–Trinajstić information content (AvgIpc) is 2.59. The Morgan fingerprint density at radius 1 is 1.04 bits per heavy atom. The van der Waals surface area contributed by atoms with Gasteiger partial charge in [-0.3, -0.25) is 9.59 Å². The zero-order chi connectivity index (χ0) is 17.5. The van der Waals surface area contributed by atoms with Crippen molar-refractivity contribution in [1.29, 1.82) is 0 Å². The molecule has 126 valence electrons. The minimum atomic E-state index is -0.522. The first kappa shape index (κ1) is 17.7. The third-order valence-electron chi connectivity index (χ3n) is 4.05. The number of amides is 2. The molecule has 1 atom stereocenters. The molecule has 0 aliphatic rings. The van der Waals surface area contributed by atoms with E-state index < -0.39 is 6.04 Å². The fraction of sp³-hybridized carbons (Fsp3) is 0.300. The zero-order valence-corrected chi connectivity index (χ0v) is 14.5. The van der Waals surface area contributed by atoms with Gasteiger partial charge in [0, 0.05) is 13.6 Å². The lowest BCUT2D eigenvalue weighted by atomic mass is 10.1. The van der Waals surface area contributed by atoms with E-state index in [1.807, 2.05) is 61.5 Å². The molecule has 0 aromatic heterocycles. The Kier molecular flexibility index (Phi) is 6.13. The molecule has 0 bridgehead atoms. The van der Waals surface area contributed by atoms with Crippen molar-refractivity contribution in [2.24, 2.45) is 0 Å². The van der Waals surface area contributed by atoms with Crippen molar-refractivity contribution in [2.75, 3.05) is 7.05 Å². The van der Waals surface area contributed by atoms with Crippen LogP contribution in [0.4, 0.5) is 0 Å². The van der Waals surface area contributed by atoms with Gasteiger partial charge in [0.25, 0.3) is 0 Å². The summed E-state index contributed by atoms with van der Waals surface area (Å²) in [5.74, 6) is -0.220. The van der Waals surface area contributed by atoms with Crippen LogP contribution >= 0.6 is 0 Å². The molecule has 0 saturated carbocycles. The second kappa shape index (κ2) is 8.29. The summed E-state index contributed by atoms with van der Waals surface area (Å²) in [6.07, 6.45) is 0.286. The van der Waals surface area contributed by atoms with Crippen LogP contribution in [0.5, 0.6) is 0 Å². The molecule has 4 heteroatoms. The number of benzene rings is 2. The second-order valence-corrected chi connectivity index (χ2v) is 5.96. The van der Waals surface area contributed by atoms with E-state index in [0.29, 0.717) is 6.54 Å². The predicted molar refractivity (Wildman–Crippen MR) is 95.4 cm³/mol. The number of hydrogen-bond acceptors (Lipinski definition) is 2. The third-order valence-corrected chi connectivity index (χ3v) is 4.05. The van der Waals surface area contributed by atoms with Crippen molar-refractivity contribution in [2.45, 2.75) is 32.9 Å². The molecule has 2 aromatic rings. The van der Waals surface area contributed by atoms with Crippen molar-refractivity contribution >= 4 is 11.8 Å². The first-order valence-electron chi connectivity index (χ1n) is 8.12. The average molecular weight is 324 g/mol.